The molecular weight excluding hydrogens is 259 g/mol. The van der Waals surface area contributed by atoms with Crippen molar-refractivity contribution < 1.29 is 17.9 Å². The monoisotopic (exact) mass is 277 g/mol. The fraction of sp³-hybridized carbons (Fsp3) is 0.667. The smallest absolute Gasteiger partial charge is 0.261 e. The van der Waals surface area contributed by atoms with E-state index in [2.05, 4.69) is 15.3 Å². The Morgan fingerprint density at radius 1 is 1.32 bits per heavy atom. The Bertz CT molecular complexity index is 402. The summed E-state index contributed by atoms with van der Waals surface area (Å²) >= 11 is 0. The maximum Gasteiger partial charge on any atom is 0.261 e. The molecular formula is C12H18F3N3O. The molecule has 0 unspecified atom stereocenters. The number of rotatable bonds is 8. The van der Waals surface area contributed by atoms with Crippen LogP contribution in [0.3, 0.4) is 0 Å². The molecule has 0 amide bonds. The zero-order valence-corrected chi connectivity index (χ0v) is 11.0. The Morgan fingerprint density at radius 3 is 2.68 bits per heavy atom. The number of ether oxygens (including phenoxy) is 1. The quantitative estimate of drug-likeness (QED) is 0.742. The van der Waals surface area contributed by atoms with Gasteiger partial charge in [-0.3, -0.25) is 0 Å². The molecule has 0 aromatic carbocycles. The lowest BCUT2D eigenvalue weighted by Gasteiger charge is -2.09. The molecule has 19 heavy (non-hydrogen) atoms. The maximum absolute atomic E-state index is 13.7. The average Bonchev–Trinajstić information content (AvgIpc) is 2.36. The summed E-state index contributed by atoms with van der Waals surface area (Å²) in [4.78, 5) is 7.99. The highest BCUT2D eigenvalue weighted by atomic mass is 19.3. The van der Waals surface area contributed by atoms with E-state index in [1.54, 1.807) is 0 Å². The van der Waals surface area contributed by atoms with Gasteiger partial charge in [0.1, 0.15) is 12.4 Å². The van der Waals surface area contributed by atoms with Crippen molar-refractivity contribution in [2.24, 2.45) is 0 Å². The summed E-state index contributed by atoms with van der Waals surface area (Å²) in [5, 5.41) is 2.87. The molecule has 0 atom stereocenters. The molecule has 1 N–H and O–H groups in total. The van der Waals surface area contributed by atoms with E-state index < -0.39 is 18.8 Å². The Kier molecular flexibility index (Phi) is 6.55. The van der Waals surface area contributed by atoms with Crippen LogP contribution in [-0.4, -0.2) is 36.2 Å². The number of alkyl halides is 2. The van der Waals surface area contributed by atoms with Crippen LogP contribution in [0, 0.1) is 12.7 Å². The van der Waals surface area contributed by atoms with Gasteiger partial charge in [0.2, 0.25) is 0 Å². The number of hydrogen-bond acceptors (Lipinski definition) is 4. The number of anilines is 1. The zero-order valence-electron chi connectivity index (χ0n) is 11.0. The highest BCUT2D eigenvalue weighted by Crippen LogP contribution is 2.14. The molecule has 0 aliphatic carbocycles. The number of halogens is 3. The fourth-order valence-electron chi connectivity index (χ4n) is 1.43. The van der Waals surface area contributed by atoms with E-state index in [1.807, 2.05) is 6.92 Å². The molecule has 1 heterocycles. The molecule has 108 valence electrons. The molecule has 1 aromatic rings. The summed E-state index contributed by atoms with van der Waals surface area (Å²) in [6, 6.07) is 0. The van der Waals surface area contributed by atoms with Crippen molar-refractivity contribution >= 4 is 5.82 Å². The van der Waals surface area contributed by atoms with E-state index in [9.17, 15) is 13.2 Å². The van der Waals surface area contributed by atoms with Crippen LogP contribution in [0.15, 0.2) is 0 Å². The van der Waals surface area contributed by atoms with E-state index in [1.165, 1.54) is 6.92 Å². The van der Waals surface area contributed by atoms with Gasteiger partial charge in [-0.05, 0) is 13.3 Å². The molecule has 4 nitrogen and oxygen atoms in total. The summed E-state index contributed by atoms with van der Waals surface area (Å²) in [5.41, 5.74) is 0.234. The zero-order chi connectivity index (χ0) is 14.3. The third-order valence-corrected chi connectivity index (χ3v) is 2.32. The normalized spacial score (nSPS) is 11.1. The molecule has 0 aliphatic heterocycles. The van der Waals surface area contributed by atoms with Crippen molar-refractivity contribution in [1.29, 1.82) is 0 Å². The van der Waals surface area contributed by atoms with Gasteiger partial charge in [-0.2, -0.15) is 0 Å². The van der Waals surface area contributed by atoms with Crippen molar-refractivity contribution in [3.8, 4) is 0 Å². The van der Waals surface area contributed by atoms with E-state index in [0.29, 0.717) is 12.4 Å². The van der Waals surface area contributed by atoms with Crippen LogP contribution in [0.2, 0.25) is 0 Å². The van der Waals surface area contributed by atoms with Gasteiger partial charge in [0.15, 0.2) is 11.6 Å². The number of nitrogens with one attached hydrogen (secondary N) is 1. The SMILES string of the molecule is CCCNc1nc(CCOCC(F)F)nc(C)c1F. The standard InChI is InChI=1S/C12H18F3N3O/c1-3-5-16-12-11(15)8(2)17-10(18-12)4-6-19-7-9(13)14/h9H,3-7H2,1-2H3,(H,16,17,18). The minimum absolute atomic E-state index is 0.0859. The highest BCUT2D eigenvalue weighted by Gasteiger charge is 2.11. The molecule has 0 aliphatic rings. The first-order valence-electron chi connectivity index (χ1n) is 6.17. The Hall–Kier alpha value is -1.37. The maximum atomic E-state index is 13.7. The summed E-state index contributed by atoms with van der Waals surface area (Å²) in [6.45, 7) is 3.58. The van der Waals surface area contributed by atoms with Gasteiger partial charge in [0.25, 0.3) is 6.43 Å². The third kappa shape index (κ3) is 5.42. The van der Waals surface area contributed by atoms with Gasteiger partial charge in [-0.15, -0.1) is 0 Å². The predicted octanol–water partition coefficient (Wildman–Crippen LogP) is 2.57. The number of aromatic nitrogens is 2. The van der Waals surface area contributed by atoms with Crippen molar-refractivity contribution in [3.63, 3.8) is 0 Å². The Labute approximate surface area is 110 Å². The van der Waals surface area contributed by atoms with Gasteiger partial charge in [0.05, 0.1) is 12.3 Å². The highest BCUT2D eigenvalue weighted by molar-refractivity contribution is 5.38. The number of aryl methyl sites for hydroxylation is 1. The molecule has 0 fully saturated rings. The van der Waals surface area contributed by atoms with Gasteiger partial charge >= 0.3 is 0 Å². The lowest BCUT2D eigenvalue weighted by atomic mass is 10.3. The van der Waals surface area contributed by atoms with E-state index in [-0.39, 0.29) is 24.5 Å². The number of hydrogen-bond donors (Lipinski definition) is 1. The van der Waals surface area contributed by atoms with E-state index >= 15 is 0 Å². The summed E-state index contributed by atoms with van der Waals surface area (Å²) < 4.78 is 42.2. The topological polar surface area (TPSA) is 47.0 Å². The van der Waals surface area contributed by atoms with Gasteiger partial charge in [-0.25, -0.2) is 23.1 Å². The van der Waals surface area contributed by atoms with Crippen LogP contribution < -0.4 is 5.32 Å². The summed E-state index contributed by atoms with van der Waals surface area (Å²) in [7, 11) is 0. The van der Waals surface area contributed by atoms with E-state index in [4.69, 9.17) is 4.74 Å². The van der Waals surface area contributed by atoms with Crippen molar-refractivity contribution in [1.82, 2.24) is 9.97 Å². The second-order valence-corrected chi connectivity index (χ2v) is 4.03. The second kappa shape index (κ2) is 7.93. The van der Waals surface area contributed by atoms with Crippen LogP contribution in [0.25, 0.3) is 0 Å². The largest absolute Gasteiger partial charge is 0.375 e. The Morgan fingerprint density at radius 2 is 2.05 bits per heavy atom. The molecule has 1 rings (SSSR count). The average molecular weight is 277 g/mol. The first-order valence-corrected chi connectivity index (χ1v) is 6.17. The van der Waals surface area contributed by atoms with Crippen molar-refractivity contribution in [3.05, 3.63) is 17.3 Å². The molecule has 1 aromatic heterocycles. The molecule has 0 radical (unpaired) electrons. The van der Waals surface area contributed by atoms with Crippen LogP contribution in [-0.2, 0) is 11.2 Å². The first kappa shape index (κ1) is 15.7. The molecule has 0 bridgehead atoms. The third-order valence-electron chi connectivity index (χ3n) is 2.32. The summed E-state index contributed by atoms with van der Waals surface area (Å²) in [6.07, 6.45) is -1.37. The Balaban J connectivity index is 2.60. The molecule has 0 spiro atoms. The number of nitrogens with zero attached hydrogens (tertiary/aromatic N) is 2. The summed E-state index contributed by atoms with van der Waals surface area (Å²) in [5.74, 6) is 0.0516. The first-order chi connectivity index (χ1) is 9.04. The fourth-order valence-corrected chi connectivity index (χ4v) is 1.43. The van der Waals surface area contributed by atoms with E-state index in [0.717, 1.165) is 6.42 Å². The van der Waals surface area contributed by atoms with Gasteiger partial charge in [0, 0.05) is 13.0 Å². The van der Waals surface area contributed by atoms with Gasteiger partial charge < -0.3 is 10.1 Å². The predicted molar refractivity (Wildman–Crippen MR) is 66.0 cm³/mol. The van der Waals surface area contributed by atoms with Crippen LogP contribution in [0.5, 0.6) is 0 Å². The van der Waals surface area contributed by atoms with Crippen molar-refractivity contribution in [2.75, 3.05) is 25.1 Å². The molecule has 0 saturated heterocycles. The minimum Gasteiger partial charge on any atom is -0.375 e. The second-order valence-electron chi connectivity index (χ2n) is 4.03. The van der Waals surface area contributed by atoms with Crippen molar-refractivity contribution in [2.45, 2.75) is 33.1 Å². The minimum atomic E-state index is -2.49. The van der Waals surface area contributed by atoms with Gasteiger partial charge in [-0.1, -0.05) is 6.92 Å². The van der Waals surface area contributed by atoms with Crippen LogP contribution >= 0.6 is 0 Å². The lowest BCUT2D eigenvalue weighted by Crippen LogP contribution is -2.12. The molecule has 7 heteroatoms. The lowest BCUT2D eigenvalue weighted by molar-refractivity contribution is 0.0182. The van der Waals surface area contributed by atoms with Crippen LogP contribution in [0.4, 0.5) is 19.0 Å². The van der Waals surface area contributed by atoms with Crippen LogP contribution in [0.1, 0.15) is 24.9 Å². The molecule has 0 saturated carbocycles.